The summed E-state index contributed by atoms with van der Waals surface area (Å²) < 4.78 is 24.2. The summed E-state index contributed by atoms with van der Waals surface area (Å²) in [6.45, 7) is 0.737. The second kappa shape index (κ2) is 9.28. The summed E-state index contributed by atoms with van der Waals surface area (Å²) in [6.07, 6.45) is 3.13. The molecule has 2 aliphatic heterocycles. The van der Waals surface area contributed by atoms with Crippen LogP contribution in [0.5, 0.6) is 11.5 Å². The van der Waals surface area contributed by atoms with Gasteiger partial charge in [-0.15, -0.1) is 0 Å². The molecule has 7 heteroatoms. The molecular formula is C25H29FN2O4. The van der Waals surface area contributed by atoms with Gasteiger partial charge in [0.05, 0.1) is 32.8 Å². The third-order valence-electron chi connectivity index (χ3n) is 6.60. The average Bonchev–Trinajstić information content (AvgIpc) is 2.97. The van der Waals surface area contributed by atoms with Gasteiger partial charge in [0, 0.05) is 23.7 Å². The van der Waals surface area contributed by atoms with Gasteiger partial charge < -0.3 is 14.4 Å². The Labute approximate surface area is 187 Å². The van der Waals surface area contributed by atoms with E-state index in [-0.39, 0.29) is 36.1 Å². The van der Waals surface area contributed by atoms with Gasteiger partial charge in [0.15, 0.2) is 5.78 Å². The lowest BCUT2D eigenvalue weighted by molar-refractivity contribution is -0.138. The Hall–Kier alpha value is -2.93. The first-order valence-corrected chi connectivity index (χ1v) is 11.0. The Balaban J connectivity index is 1.54. The van der Waals surface area contributed by atoms with E-state index in [9.17, 15) is 14.0 Å². The second-order valence-corrected chi connectivity index (χ2v) is 8.49. The highest BCUT2D eigenvalue weighted by Gasteiger charge is 2.40. The molecule has 0 aromatic heterocycles. The average molecular weight is 441 g/mol. The van der Waals surface area contributed by atoms with E-state index in [1.165, 1.54) is 24.3 Å². The molecule has 0 bridgehead atoms. The highest BCUT2D eigenvalue weighted by molar-refractivity contribution is 5.98. The minimum atomic E-state index is -0.377. The molecule has 0 N–H and O–H groups in total. The summed E-state index contributed by atoms with van der Waals surface area (Å²) in [4.78, 5) is 30.0. The van der Waals surface area contributed by atoms with Crippen molar-refractivity contribution in [2.75, 3.05) is 34.4 Å². The van der Waals surface area contributed by atoms with Crippen molar-refractivity contribution in [3.8, 4) is 11.5 Å². The first-order valence-electron chi connectivity index (χ1n) is 11.0. The third kappa shape index (κ3) is 4.21. The fourth-order valence-corrected chi connectivity index (χ4v) is 4.94. The molecule has 4 rings (SSSR count). The molecule has 2 heterocycles. The first-order chi connectivity index (χ1) is 15.4. The summed E-state index contributed by atoms with van der Waals surface area (Å²) in [5.74, 6) is 1.05. The molecule has 0 saturated carbocycles. The van der Waals surface area contributed by atoms with Crippen LogP contribution in [0.2, 0.25) is 0 Å². The topological polar surface area (TPSA) is 59.1 Å². The van der Waals surface area contributed by atoms with Gasteiger partial charge >= 0.3 is 0 Å². The number of methoxy groups -OCH3 is 2. The summed E-state index contributed by atoms with van der Waals surface area (Å²) in [5, 5.41) is 0. The number of hydrogen-bond donors (Lipinski definition) is 0. The van der Waals surface area contributed by atoms with E-state index in [4.69, 9.17) is 9.47 Å². The summed E-state index contributed by atoms with van der Waals surface area (Å²) in [5.41, 5.74) is 2.68. The first kappa shape index (κ1) is 22.3. The number of carbonyl (C=O) groups excluding carboxylic acids is 2. The van der Waals surface area contributed by atoms with Crippen LogP contribution in [0.25, 0.3) is 0 Å². The Morgan fingerprint density at radius 2 is 1.91 bits per heavy atom. The molecule has 1 amide bonds. The molecule has 1 fully saturated rings. The van der Waals surface area contributed by atoms with Gasteiger partial charge in [-0.25, -0.2) is 4.39 Å². The number of Topliss-reactive ketones (excluding diaryl/α,β-unsaturated/α-hetero) is 1. The molecule has 170 valence electrons. The Kier molecular flexibility index (Phi) is 6.46. The number of fused-ring (bicyclic) bond motifs is 3. The van der Waals surface area contributed by atoms with Crippen molar-refractivity contribution in [3.05, 3.63) is 58.9 Å². The van der Waals surface area contributed by atoms with Crippen LogP contribution in [0.4, 0.5) is 4.39 Å². The quantitative estimate of drug-likeness (QED) is 0.642. The highest BCUT2D eigenvalue weighted by Crippen LogP contribution is 2.43. The summed E-state index contributed by atoms with van der Waals surface area (Å²) in [7, 11) is 5.09. The summed E-state index contributed by atoms with van der Waals surface area (Å²) in [6, 6.07) is 9.04. The van der Waals surface area contributed by atoms with Crippen molar-refractivity contribution in [1.29, 1.82) is 0 Å². The number of hydrogen-bond acceptors (Lipinski definition) is 5. The zero-order chi connectivity index (χ0) is 22.8. The van der Waals surface area contributed by atoms with Crippen molar-refractivity contribution in [2.24, 2.45) is 0 Å². The molecule has 2 aromatic rings. The molecule has 2 aliphatic rings. The fraction of sp³-hybridized carbons (Fsp3) is 0.440. The second-order valence-electron chi connectivity index (χ2n) is 8.49. The van der Waals surface area contributed by atoms with E-state index in [1.807, 2.05) is 29.0 Å². The predicted octanol–water partition coefficient (Wildman–Crippen LogP) is 3.64. The molecule has 0 spiro atoms. The molecule has 0 aliphatic carbocycles. The maximum atomic E-state index is 13.6. The predicted molar refractivity (Wildman–Crippen MR) is 119 cm³/mol. The molecular weight excluding hydrogens is 411 g/mol. The number of amides is 1. The van der Waals surface area contributed by atoms with E-state index in [0.29, 0.717) is 18.5 Å². The number of nitrogens with zero attached hydrogens (tertiary/aromatic N) is 2. The van der Waals surface area contributed by atoms with Crippen LogP contribution in [-0.4, -0.2) is 61.9 Å². The lowest BCUT2D eigenvalue weighted by Gasteiger charge is -2.39. The van der Waals surface area contributed by atoms with Crippen LogP contribution >= 0.6 is 0 Å². The van der Waals surface area contributed by atoms with E-state index >= 15 is 0 Å². The monoisotopic (exact) mass is 440 g/mol. The van der Waals surface area contributed by atoms with Crippen LogP contribution in [0.15, 0.2) is 36.4 Å². The van der Waals surface area contributed by atoms with Crippen molar-refractivity contribution in [2.45, 2.75) is 37.8 Å². The third-order valence-corrected chi connectivity index (χ3v) is 6.60. The fourth-order valence-electron chi connectivity index (χ4n) is 4.94. The molecule has 2 aromatic carbocycles. The number of ether oxygens (including phenoxy) is 2. The van der Waals surface area contributed by atoms with Crippen LogP contribution in [0, 0.1) is 5.82 Å². The van der Waals surface area contributed by atoms with Gasteiger partial charge in [0.1, 0.15) is 17.3 Å². The van der Waals surface area contributed by atoms with Crippen molar-refractivity contribution >= 4 is 11.7 Å². The lowest BCUT2D eigenvalue weighted by atomic mass is 9.89. The molecule has 32 heavy (non-hydrogen) atoms. The van der Waals surface area contributed by atoms with Gasteiger partial charge in [0.25, 0.3) is 0 Å². The maximum Gasteiger partial charge on any atom is 0.240 e. The maximum absolute atomic E-state index is 13.6. The van der Waals surface area contributed by atoms with Crippen LogP contribution in [0.1, 0.15) is 46.8 Å². The molecule has 2 unspecified atom stereocenters. The van der Waals surface area contributed by atoms with E-state index in [1.54, 1.807) is 14.2 Å². The zero-order valence-electron chi connectivity index (χ0n) is 18.8. The van der Waals surface area contributed by atoms with Gasteiger partial charge in [-0.2, -0.15) is 0 Å². The highest BCUT2D eigenvalue weighted by atomic mass is 19.1. The number of rotatable bonds is 6. The van der Waals surface area contributed by atoms with Crippen molar-refractivity contribution < 1.29 is 23.5 Å². The molecule has 2 atom stereocenters. The van der Waals surface area contributed by atoms with E-state index < -0.39 is 0 Å². The van der Waals surface area contributed by atoms with E-state index in [2.05, 4.69) is 0 Å². The van der Waals surface area contributed by atoms with Crippen LogP contribution < -0.4 is 9.47 Å². The smallest absolute Gasteiger partial charge is 0.240 e. The number of halogens is 1. The minimum absolute atomic E-state index is 0.0432. The SMILES string of the molecule is COc1cc2c(c(OC)c1)C1CCCC(N(C)CC(=O)c3ccc(F)cc3)C(=O)N1CC2. The number of ketones is 1. The van der Waals surface area contributed by atoms with Crippen molar-refractivity contribution in [1.82, 2.24) is 9.80 Å². The lowest BCUT2D eigenvalue weighted by Crippen LogP contribution is -2.50. The van der Waals surface area contributed by atoms with Crippen LogP contribution in [0.3, 0.4) is 0 Å². The van der Waals surface area contributed by atoms with Gasteiger partial charge in [0.2, 0.25) is 5.91 Å². The Morgan fingerprint density at radius 1 is 1.16 bits per heavy atom. The normalized spacial score (nSPS) is 20.4. The van der Waals surface area contributed by atoms with Crippen molar-refractivity contribution in [3.63, 3.8) is 0 Å². The van der Waals surface area contributed by atoms with E-state index in [0.717, 1.165) is 41.9 Å². The van der Waals surface area contributed by atoms with Crippen LogP contribution in [-0.2, 0) is 11.2 Å². The number of carbonyl (C=O) groups is 2. The summed E-state index contributed by atoms with van der Waals surface area (Å²) >= 11 is 0. The van der Waals surface area contributed by atoms with Gasteiger partial charge in [-0.05, 0) is 68.6 Å². The molecule has 1 saturated heterocycles. The van der Waals surface area contributed by atoms with Gasteiger partial charge in [-0.1, -0.05) is 0 Å². The molecule has 6 nitrogen and oxygen atoms in total. The zero-order valence-corrected chi connectivity index (χ0v) is 18.8. The minimum Gasteiger partial charge on any atom is -0.497 e. The molecule has 0 radical (unpaired) electrons. The number of likely N-dealkylation sites (N-methyl/N-ethyl adjacent to an activating group) is 1. The Morgan fingerprint density at radius 3 is 2.59 bits per heavy atom. The Bertz CT molecular complexity index is 990. The largest absolute Gasteiger partial charge is 0.497 e. The number of benzene rings is 2. The standard InChI is InChI=1S/C25H29FN2O4/c1-27(15-22(29)16-7-9-18(26)10-8-16)21-6-4-5-20-24-17(11-12-28(20)25(21)30)13-19(31-2)14-23(24)32-3/h7-10,13-14,20-21H,4-6,11-12,15H2,1-3H3. The van der Waals surface area contributed by atoms with Gasteiger partial charge in [-0.3, -0.25) is 14.5 Å².